The molecule has 0 aromatic carbocycles. The highest BCUT2D eigenvalue weighted by Gasteiger charge is 2.28. The second-order valence-corrected chi connectivity index (χ2v) is 15.5. The molecule has 0 spiro atoms. The van der Waals surface area contributed by atoms with Gasteiger partial charge in [0.15, 0.2) is 6.10 Å². The molecule has 330 valence electrons. The average molecular weight is 834 g/mol. The van der Waals surface area contributed by atoms with Crippen molar-refractivity contribution in [2.45, 2.75) is 167 Å². The van der Waals surface area contributed by atoms with E-state index < -0.39 is 51.1 Å². The zero-order valence-corrected chi connectivity index (χ0v) is 36.5. The molecule has 1 unspecified atom stereocenters. The molecule has 0 heterocycles. The number of carbonyl (C=O) groups is 3. The number of phosphoric ester groups is 1. The predicted molar refractivity (Wildman–Crippen MR) is 235 cm³/mol. The number of carboxylic acid groups (broad SMARTS) is 1. The van der Waals surface area contributed by atoms with Crippen LogP contribution >= 0.6 is 7.82 Å². The Bertz CT molecular complexity index is 1300. The smallest absolute Gasteiger partial charge is 0.472 e. The van der Waals surface area contributed by atoms with Gasteiger partial charge in [0.2, 0.25) is 0 Å². The molecular weight excluding hydrogens is 757 g/mol. The van der Waals surface area contributed by atoms with Gasteiger partial charge < -0.3 is 25.2 Å². The first kappa shape index (κ1) is 54.7. The van der Waals surface area contributed by atoms with Crippen LogP contribution in [0.2, 0.25) is 0 Å². The number of nitrogens with two attached hydrogens (primary N) is 1. The molecule has 58 heavy (non-hydrogen) atoms. The SMILES string of the molecule is CC/C=C\C/C=C\C/C=C\C/C=C\CCCCCCC(=O)O[C@H](COC(=O)CCC/C=C\C/C=C\C/C=C\CCCCCCCC)COP(=O)(O)OC[C@H](N)C(=O)O. The molecule has 0 rings (SSSR count). The minimum atomic E-state index is -4.74. The third-order valence-electron chi connectivity index (χ3n) is 8.63. The fourth-order valence-corrected chi connectivity index (χ4v) is 6.02. The number of phosphoric acid groups is 1. The summed E-state index contributed by atoms with van der Waals surface area (Å²) >= 11 is 0. The second kappa shape index (κ2) is 40.4. The van der Waals surface area contributed by atoms with Crippen molar-refractivity contribution < 1.29 is 47.5 Å². The van der Waals surface area contributed by atoms with E-state index >= 15 is 0 Å². The molecule has 4 N–H and O–H groups in total. The molecule has 0 saturated carbocycles. The number of unbranched alkanes of at least 4 members (excludes halogenated alkanes) is 11. The maximum absolute atomic E-state index is 12.6. The van der Waals surface area contributed by atoms with Crippen molar-refractivity contribution in [1.29, 1.82) is 0 Å². The van der Waals surface area contributed by atoms with E-state index in [9.17, 15) is 23.8 Å². The molecule has 0 saturated heterocycles. The molecule has 0 aromatic heterocycles. The van der Waals surface area contributed by atoms with Crippen molar-refractivity contribution in [2.75, 3.05) is 19.8 Å². The Morgan fingerprint density at radius 2 is 0.983 bits per heavy atom. The van der Waals surface area contributed by atoms with Crippen molar-refractivity contribution >= 4 is 25.7 Å². The molecule has 3 atom stereocenters. The number of carbonyl (C=O) groups excluding carboxylic acids is 2. The summed E-state index contributed by atoms with van der Waals surface area (Å²) in [6.07, 6.45) is 49.4. The lowest BCUT2D eigenvalue weighted by Crippen LogP contribution is -2.34. The lowest BCUT2D eigenvalue weighted by molar-refractivity contribution is -0.161. The molecule has 0 fully saturated rings. The Hall–Kier alpha value is -3.34. The number of carboxylic acids is 1. The summed E-state index contributed by atoms with van der Waals surface area (Å²) in [5, 5.41) is 8.89. The average Bonchev–Trinajstić information content (AvgIpc) is 3.20. The fraction of sp³-hybridized carbons (Fsp3) is 0.630. The zero-order chi connectivity index (χ0) is 42.8. The van der Waals surface area contributed by atoms with Crippen molar-refractivity contribution in [3.05, 3.63) is 85.1 Å². The molecular formula is C46H76NO10P. The van der Waals surface area contributed by atoms with Gasteiger partial charge in [-0.2, -0.15) is 0 Å². The minimum absolute atomic E-state index is 0.118. The number of allylic oxidation sites excluding steroid dienone is 14. The summed E-state index contributed by atoms with van der Waals surface area (Å²) < 4.78 is 32.6. The largest absolute Gasteiger partial charge is 0.480 e. The lowest BCUT2D eigenvalue weighted by Gasteiger charge is -2.20. The van der Waals surface area contributed by atoms with Gasteiger partial charge in [-0.15, -0.1) is 0 Å². The molecule has 11 nitrogen and oxygen atoms in total. The van der Waals surface area contributed by atoms with Crippen LogP contribution in [0.5, 0.6) is 0 Å². The summed E-state index contributed by atoms with van der Waals surface area (Å²) in [4.78, 5) is 45.9. The van der Waals surface area contributed by atoms with Crippen molar-refractivity contribution in [3.8, 4) is 0 Å². The summed E-state index contributed by atoms with van der Waals surface area (Å²) in [7, 11) is -4.74. The Morgan fingerprint density at radius 3 is 1.50 bits per heavy atom. The number of aliphatic carboxylic acids is 1. The summed E-state index contributed by atoms with van der Waals surface area (Å²) in [6, 6.07) is -1.54. The van der Waals surface area contributed by atoms with Crippen molar-refractivity contribution in [3.63, 3.8) is 0 Å². The quantitative estimate of drug-likeness (QED) is 0.0233. The van der Waals surface area contributed by atoms with Crippen LogP contribution in [0.4, 0.5) is 0 Å². The first-order valence-corrected chi connectivity index (χ1v) is 23.1. The molecule has 0 amide bonds. The second-order valence-electron chi connectivity index (χ2n) is 14.1. The molecule has 0 radical (unpaired) electrons. The lowest BCUT2D eigenvalue weighted by atomic mass is 10.1. The van der Waals surface area contributed by atoms with Crippen LogP contribution in [-0.4, -0.2) is 59.9 Å². The van der Waals surface area contributed by atoms with Gasteiger partial charge in [0.05, 0.1) is 13.2 Å². The van der Waals surface area contributed by atoms with E-state index in [1.54, 1.807) is 0 Å². The fourth-order valence-electron chi connectivity index (χ4n) is 5.25. The standard InChI is InChI=1S/C46H76NO10P/c1-3-5-7-9-11-13-15-17-19-21-23-25-27-29-31-33-35-37-44(48)54-39-42(40-55-58(52,53)56-41-43(47)46(50)51)57-45(49)38-36-34-32-30-28-26-24-22-20-18-16-14-12-10-8-6-4-2/h6,8,12,14,17-20,23-26,29,31,42-43H,3-5,7,9-11,13,15-16,21-22,27-28,30,32-41,47H2,1-2H3,(H,50,51)(H,52,53)/b8-6-,14-12-,19-17-,20-18-,25-23-,26-24-,31-29-/t42-,43+/m1/s1. The Balaban J connectivity index is 4.52. The molecule has 0 bridgehead atoms. The molecule has 0 aliphatic rings. The Morgan fingerprint density at radius 1 is 0.552 bits per heavy atom. The highest BCUT2D eigenvalue weighted by molar-refractivity contribution is 7.47. The maximum Gasteiger partial charge on any atom is 0.472 e. The van der Waals surface area contributed by atoms with Crippen LogP contribution in [0, 0.1) is 0 Å². The van der Waals surface area contributed by atoms with Gasteiger partial charge in [0, 0.05) is 12.8 Å². The predicted octanol–water partition coefficient (Wildman–Crippen LogP) is 11.5. The van der Waals surface area contributed by atoms with Crippen LogP contribution in [0.1, 0.15) is 155 Å². The first-order valence-electron chi connectivity index (χ1n) is 21.6. The highest BCUT2D eigenvalue weighted by atomic mass is 31.2. The van der Waals surface area contributed by atoms with E-state index in [0.717, 1.165) is 70.6 Å². The number of hydrogen-bond donors (Lipinski definition) is 3. The minimum Gasteiger partial charge on any atom is -0.480 e. The van der Waals surface area contributed by atoms with Gasteiger partial charge in [-0.05, 0) is 83.5 Å². The van der Waals surface area contributed by atoms with E-state index in [4.69, 9.17) is 24.8 Å². The summed E-state index contributed by atoms with van der Waals surface area (Å²) in [6.45, 7) is 2.59. The third-order valence-corrected chi connectivity index (χ3v) is 9.58. The molecule has 0 aliphatic carbocycles. The van der Waals surface area contributed by atoms with Crippen LogP contribution in [0.15, 0.2) is 85.1 Å². The van der Waals surface area contributed by atoms with E-state index in [1.165, 1.54) is 38.5 Å². The van der Waals surface area contributed by atoms with Crippen molar-refractivity contribution in [1.82, 2.24) is 0 Å². The van der Waals surface area contributed by atoms with Gasteiger partial charge in [0.1, 0.15) is 12.6 Å². The van der Waals surface area contributed by atoms with Gasteiger partial charge >= 0.3 is 25.7 Å². The Kier molecular flexibility index (Phi) is 38.1. The van der Waals surface area contributed by atoms with Gasteiger partial charge in [-0.1, -0.05) is 144 Å². The highest BCUT2D eigenvalue weighted by Crippen LogP contribution is 2.43. The Labute approximate surface area is 350 Å². The number of rotatable bonds is 39. The topological polar surface area (TPSA) is 172 Å². The summed E-state index contributed by atoms with van der Waals surface area (Å²) in [5.74, 6) is -2.49. The zero-order valence-electron chi connectivity index (χ0n) is 35.6. The van der Waals surface area contributed by atoms with Crippen molar-refractivity contribution in [2.24, 2.45) is 5.73 Å². The van der Waals surface area contributed by atoms with Gasteiger partial charge in [-0.25, -0.2) is 4.57 Å². The van der Waals surface area contributed by atoms with E-state index in [-0.39, 0.29) is 19.4 Å². The van der Waals surface area contributed by atoms with Crippen LogP contribution in [0.25, 0.3) is 0 Å². The van der Waals surface area contributed by atoms with Crippen LogP contribution in [0.3, 0.4) is 0 Å². The molecule has 0 aliphatic heterocycles. The van der Waals surface area contributed by atoms with Gasteiger partial charge in [0.25, 0.3) is 0 Å². The van der Waals surface area contributed by atoms with E-state index in [2.05, 4.69) is 97.4 Å². The molecule has 12 heteroatoms. The monoisotopic (exact) mass is 834 g/mol. The van der Waals surface area contributed by atoms with Gasteiger partial charge in [-0.3, -0.25) is 23.4 Å². The number of hydrogen-bond acceptors (Lipinski definition) is 9. The van der Waals surface area contributed by atoms with Crippen LogP contribution < -0.4 is 5.73 Å². The first-order chi connectivity index (χ1) is 28.1. The van der Waals surface area contributed by atoms with Crippen LogP contribution in [-0.2, 0) is 37.5 Å². The third kappa shape index (κ3) is 39.5. The number of esters is 2. The molecule has 0 aromatic rings. The van der Waals surface area contributed by atoms with E-state index in [0.29, 0.717) is 19.3 Å². The summed E-state index contributed by atoms with van der Waals surface area (Å²) in [5.41, 5.74) is 5.33. The number of ether oxygens (including phenoxy) is 2. The normalized spacial score (nSPS) is 14.6. The van der Waals surface area contributed by atoms with E-state index in [1.807, 2.05) is 6.08 Å². The maximum atomic E-state index is 12.6.